The molecule has 4 aromatic carbocycles. The Morgan fingerprint density at radius 2 is 1.58 bits per heavy atom. The van der Waals surface area contributed by atoms with E-state index in [2.05, 4.69) is 58.9 Å². The standard InChI is InChI=1S/C67H76N2O10S2/c1-68-51-32-81-80-31-46-41-15-10-36-25-39-18-21-63(65(39,53(36)41)47-16-14-40(71)27-43(46)47)56(72)45(51)28-44-48-29-64(61-19-4-8-37(61)12-13-38-9-5-20-62(38,64)23-22-61)60(74)67(76)66(48,75)58(78-57(44)63)55(79-67)59(73)77-54-50(30-70)69-49-17-11-35-24-33-6-2-3-7-34(33)26-42(35)52(49)54/h2-3,6-7,11-14,16-17,24,26-27,36-39,41,44-46,48,51,53,55-58,60,68-72,74-76H,4-5,8-10,15,18-23,25,28-32H2,1H3. The molecule has 12 nitrogen and oxygen atoms in total. The molecule has 0 radical (unpaired) electrons. The van der Waals surface area contributed by atoms with Crippen molar-refractivity contribution in [1.29, 1.82) is 0 Å². The predicted molar refractivity (Wildman–Crippen MR) is 310 cm³/mol. The normalized spacial score (nSPS) is 49.1. The lowest BCUT2D eigenvalue weighted by molar-refractivity contribution is -0.410. The number of carbonyl (C=O) groups is 1. The Kier molecular flexibility index (Phi) is 10.5. The number of benzene rings is 4. The summed E-state index contributed by atoms with van der Waals surface area (Å²) in [7, 11) is 5.85. The second kappa shape index (κ2) is 16.9. The molecule has 8 saturated carbocycles. The number of aromatic nitrogens is 1. The summed E-state index contributed by atoms with van der Waals surface area (Å²) in [6.45, 7) is -0.460. The topological polar surface area (TPSA) is 194 Å². The van der Waals surface area contributed by atoms with Gasteiger partial charge in [0.05, 0.1) is 35.4 Å². The van der Waals surface area contributed by atoms with Crippen LogP contribution >= 0.6 is 21.6 Å². The second-order valence-electron chi connectivity index (χ2n) is 28.6. The number of phenols is 1. The van der Waals surface area contributed by atoms with E-state index in [-0.39, 0.29) is 63.9 Å². The largest absolute Gasteiger partial charge is 0.508 e. The summed E-state index contributed by atoms with van der Waals surface area (Å²) in [6.07, 6.45) is 12.2. The Bertz CT molecular complexity index is 3520. The van der Waals surface area contributed by atoms with Gasteiger partial charge in [0.1, 0.15) is 18.0 Å². The molecular weight excluding hydrogens is 1060 g/mol. The summed E-state index contributed by atoms with van der Waals surface area (Å²) in [5.74, 6) is -0.901. The van der Waals surface area contributed by atoms with E-state index in [0.29, 0.717) is 47.7 Å². The smallest absolute Gasteiger partial charge is 0.343 e. The van der Waals surface area contributed by atoms with Crippen LogP contribution in [0.1, 0.15) is 119 Å². The van der Waals surface area contributed by atoms with Gasteiger partial charge in [0.2, 0.25) is 5.79 Å². The molecule has 81 heavy (non-hydrogen) atoms. The Morgan fingerprint density at radius 3 is 2.35 bits per heavy atom. The Balaban J connectivity index is 0.874. The molecule has 5 heterocycles. The van der Waals surface area contributed by atoms with Crippen molar-refractivity contribution in [2.75, 3.05) is 18.6 Å². The van der Waals surface area contributed by atoms with Crippen LogP contribution in [0, 0.1) is 74.9 Å². The molecule has 5 aromatic rings. The van der Waals surface area contributed by atoms with E-state index < -0.39 is 82.6 Å². The Morgan fingerprint density at radius 1 is 0.815 bits per heavy atom. The van der Waals surface area contributed by atoms with Gasteiger partial charge in [-0.1, -0.05) is 83.0 Å². The lowest BCUT2D eigenvalue weighted by Crippen LogP contribution is -2.83. The number of aromatic hydroxyl groups is 1. The van der Waals surface area contributed by atoms with Crippen LogP contribution in [0.5, 0.6) is 11.5 Å². The maximum atomic E-state index is 16.1. The average Bonchev–Trinajstić information content (AvgIpc) is 2.04. The van der Waals surface area contributed by atoms with E-state index in [1.165, 1.54) is 11.1 Å². The number of phenolic OH excluding ortho intramolecular Hbond substituents is 1. The number of allylic oxidation sites excluding steroid dienone is 2. The number of ether oxygens (including phenoxy) is 3. The lowest BCUT2D eigenvalue weighted by Gasteiger charge is -2.72. The van der Waals surface area contributed by atoms with Gasteiger partial charge in [0, 0.05) is 45.6 Å². The van der Waals surface area contributed by atoms with E-state index >= 15 is 4.79 Å². The van der Waals surface area contributed by atoms with Crippen LogP contribution in [-0.2, 0) is 26.3 Å². The molecule has 0 amide bonds. The maximum Gasteiger partial charge on any atom is 0.343 e. The first-order chi connectivity index (χ1) is 39.3. The van der Waals surface area contributed by atoms with Gasteiger partial charge < -0.3 is 55.2 Å². The average molecular weight is 1130 g/mol. The molecule has 22 atom stereocenters. The monoisotopic (exact) mass is 1130 g/mol. The number of H-pyrrole nitrogens is 1. The molecule has 1 aromatic heterocycles. The van der Waals surface area contributed by atoms with Crippen LogP contribution in [0.4, 0.5) is 0 Å². The van der Waals surface area contributed by atoms with E-state index in [1.54, 1.807) is 0 Å². The number of aliphatic hydroxyl groups is 5. The molecule has 4 aliphatic heterocycles. The first-order valence-electron chi connectivity index (χ1n) is 31.2. The fourth-order valence-corrected chi connectivity index (χ4v) is 27.7. The van der Waals surface area contributed by atoms with Crippen molar-refractivity contribution in [3.05, 3.63) is 95.7 Å². The second-order valence-corrected chi connectivity index (χ2v) is 31.1. The van der Waals surface area contributed by atoms with Crippen LogP contribution in [0.3, 0.4) is 0 Å². The van der Waals surface area contributed by atoms with E-state index in [1.807, 2.05) is 59.0 Å². The highest BCUT2D eigenvalue weighted by molar-refractivity contribution is 8.76. The van der Waals surface area contributed by atoms with Crippen molar-refractivity contribution in [3.8, 4) is 11.5 Å². The van der Waals surface area contributed by atoms with Gasteiger partial charge in [-0.05, 0) is 212 Å². The quantitative estimate of drug-likeness (QED) is 0.0367. The minimum atomic E-state index is -2.65. The third-order valence-electron chi connectivity index (χ3n) is 27.2. The molecule has 10 aliphatic carbocycles. The molecule has 14 heteroatoms. The van der Waals surface area contributed by atoms with Crippen molar-refractivity contribution in [2.45, 2.75) is 162 Å². The summed E-state index contributed by atoms with van der Waals surface area (Å²) in [4.78, 5) is 19.5. The van der Waals surface area contributed by atoms with Crippen molar-refractivity contribution in [2.24, 2.45) is 74.9 Å². The van der Waals surface area contributed by atoms with Crippen molar-refractivity contribution in [1.82, 2.24) is 10.3 Å². The molecule has 3 saturated heterocycles. The number of carbonyl (C=O) groups excluding carboxylic acids is 1. The van der Waals surface area contributed by atoms with Gasteiger partial charge in [-0.3, -0.25) is 0 Å². The molecule has 11 fully saturated rings. The number of aromatic amines is 1. The zero-order valence-electron chi connectivity index (χ0n) is 46.1. The molecule has 426 valence electrons. The minimum absolute atomic E-state index is 0.0867. The van der Waals surface area contributed by atoms with Crippen molar-refractivity contribution < 1.29 is 49.6 Å². The van der Waals surface area contributed by atoms with E-state index in [0.717, 1.165) is 110 Å². The summed E-state index contributed by atoms with van der Waals surface area (Å²) in [5, 5.41) is 88.7. The summed E-state index contributed by atoms with van der Waals surface area (Å²) < 4.78 is 22.0. The molecule has 22 unspecified atom stereocenters. The zero-order chi connectivity index (χ0) is 54.5. The van der Waals surface area contributed by atoms with E-state index in [9.17, 15) is 30.6 Å². The number of aliphatic hydroxyl groups excluding tert-OH is 3. The SMILES string of the molecule is CNC1CSSCC2c3cc(O)ccc3C34C(CCC35C(O)C1CC1C3CC6(C(O)C7(O)OC(C(=O)Oc8c(CO)[nH]c9ccc%10cc%11ccccc%11cc%10c89)C(OC15)C37O)C13CCCC1C=CC1CCCC16CC3)CC1CCC2C14. The zero-order valence-corrected chi connectivity index (χ0v) is 47.7. The van der Waals surface area contributed by atoms with E-state index in [4.69, 9.17) is 14.2 Å². The Labute approximate surface area is 480 Å². The van der Waals surface area contributed by atoms with Gasteiger partial charge in [-0.15, -0.1) is 0 Å². The first-order valence-corrected chi connectivity index (χ1v) is 33.7. The van der Waals surface area contributed by atoms with Crippen molar-refractivity contribution >= 4 is 60.0 Å². The molecule has 5 spiro atoms. The fourth-order valence-electron chi connectivity index (χ4n) is 24.9. The molecular formula is C67H76N2O10S2. The van der Waals surface area contributed by atoms with Crippen LogP contribution in [0.15, 0.2) is 78.9 Å². The highest BCUT2D eigenvalue weighted by atomic mass is 33.1. The molecule has 8 N–H and O–H groups in total. The highest BCUT2D eigenvalue weighted by Gasteiger charge is 2.90. The van der Waals surface area contributed by atoms with Gasteiger partial charge in [0.25, 0.3) is 0 Å². The number of fused-ring (bicyclic) bond motifs is 10. The Hall–Kier alpha value is -3.67. The molecule has 6 bridgehead atoms. The lowest BCUT2D eigenvalue weighted by atomic mass is 9.37. The summed E-state index contributed by atoms with van der Waals surface area (Å²) >= 11 is 0. The van der Waals surface area contributed by atoms with Crippen LogP contribution < -0.4 is 10.1 Å². The van der Waals surface area contributed by atoms with Gasteiger partial charge >= 0.3 is 5.97 Å². The van der Waals surface area contributed by atoms with Crippen molar-refractivity contribution in [3.63, 3.8) is 0 Å². The minimum Gasteiger partial charge on any atom is -0.508 e. The summed E-state index contributed by atoms with van der Waals surface area (Å²) in [5.41, 5.74) is -1.97. The number of hydrogen-bond acceptors (Lipinski definition) is 13. The third kappa shape index (κ3) is 5.64. The molecule has 14 aliphatic rings. The van der Waals surface area contributed by atoms with Crippen LogP contribution in [0.25, 0.3) is 32.4 Å². The number of hydrogen-bond donors (Lipinski definition) is 8. The fraction of sp³-hybridized carbons (Fsp3) is 0.627. The van der Waals surface area contributed by atoms with Gasteiger partial charge in [0.15, 0.2) is 17.5 Å². The van der Waals surface area contributed by atoms with Crippen LogP contribution in [-0.4, -0.2) is 108 Å². The highest BCUT2D eigenvalue weighted by Crippen LogP contribution is 2.86. The predicted octanol–water partition coefficient (Wildman–Crippen LogP) is 9.93. The maximum absolute atomic E-state index is 16.1. The molecule has 19 rings (SSSR count). The number of rotatable bonds is 4. The van der Waals surface area contributed by atoms with Gasteiger partial charge in [-0.2, -0.15) is 0 Å². The van der Waals surface area contributed by atoms with Crippen LogP contribution in [0.2, 0.25) is 0 Å². The number of nitrogens with one attached hydrogen (secondary N) is 2. The van der Waals surface area contributed by atoms with Gasteiger partial charge in [-0.25, -0.2) is 4.79 Å². The summed E-state index contributed by atoms with van der Waals surface area (Å²) in [6, 6.07) is 22.4. The first kappa shape index (κ1) is 50.6. The third-order valence-corrected chi connectivity index (χ3v) is 29.7. The number of esters is 1.